The van der Waals surface area contributed by atoms with E-state index < -0.39 is 0 Å². The third kappa shape index (κ3) is 5.60. The molecule has 1 fully saturated rings. The van der Waals surface area contributed by atoms with Crippen LogP contribution in [0.25, 0.3) is 10.8 Å². The number of amides is 2. The van der Waals surface area contributed by atoms with Crippen LogP contribution in [-0.2, 0) is 6.54 Å². The van der Waals surface area contributed by atoms with Gasteiger partial charge in [-0.05, 0) is 44.7 Å². The zero-order valence-corrected chi connectivity index (χ0v) is 17.9. The lowest BCUT2D eigenvalue weighted by molar-refractivity contribution is 0.159. The van der Waals surface area contributed by atoms with Gasteiger partial charge in [0.2, 0.25) is 0 Å². The number of pyridine rings is 1. The van der Waals surface area contributed by atoms with Gasteiger partial charge in [-0.1, -0.05) is 38.5 Å². The maximum Gasteiger partial charge on any atom is 0.319 e. The van der Waals surface area contributed by atoms with E-state index in [4.69, 9.17) is 0 Å². The average molecular weight is 399 g/mol. The first-order valence-corrected chi connectivity index (χ1v) is 10.9. The number of benzene rings is 1. The number of carbonyl (C=O) groups excluding carboxylic acids is 1. The third-order valence-corrected chi connectivity index (χ3v) is 5.65. The lowest BCUT2D eigenvalue weighted by Gasteiger charge is -2.33. The van der Waals surface area contributed by atoms with Crippen LogP contribution in [-0.4, -0.2) is 41.2 Å². The van der Waals surface area contributed by atoms with Crippen LogP contribution >= 0.6 is 0 Å². The number of hydrogen-bond donors (Lipinski definition) is 2. The highest BCUT2D eigenvalue weighted by Gasteiger charge is 2.17. The Morgan fingerprint density at radius 3 is 2.69 bits per heavy atom. The molecule has 29 heavy (non-hydrogen) atoms. The minimum Gasteiger partial charge on any atom is -0.338 e. The lowest BCUT2D eigenvalue weighted by atomic mass is 10.0. The molecule has 3 rings (SSSR count). The van der Waals surface area contributed by atoms with E-state index in [1.165, 1.54) is 19.3 Å². The molecule has 0 spiro atoms. The first-order valence-electron chi connectivity index (χ1n) is 10.9. The third-order valence-electron chi connectivity index (χ3n) is 5.65. The van der Waals surface area contributed by atoms with Crippen molar-refractivity contribution in [1.29, 1.82) is 0 Å². The predicted octanol–water partition coefficient (Wildman–Crippen LogP) is 4.04. The zero-order valence-electron chi connectivity index (χ0n) is 17.9. The number of piperidine rings is 1. The maximum absolute atomic E-state index is 12.7. The van der Waals surface area contributed by atoms with E-state index in [1.807, 2.05) is 24.3 Å². The summed E-state index contributed by atoms with van der Waals surface area (Å²) in [5.41, 5.74) is 0.652. The molecule has 2 aromatic rings. The minimum atomic E-state index is -0.225. The van der Waals surface area contributed by atoms with Crippen molar-refractivity contribution >= 4 is 22.5 Å². The van der Waals surface area contributed by atoms with Crippen molar-refractivity contribution < 1.29 is 4.79 Å². The number of aromatic nitrogens is 1. The molecule has 6 nitrogen and oxygen atoms in total. The van der Waals surface area contributed by atoms with Crippen molar-refractivity contribution in [1.82, 2.24) is 14.8 Å². The fraction of sp³-hybridized carbons (Fsp3) is 0.565. The summed E-state index contributed by atoms with van der Waals surface area (Å²) in [6.07, 6.45) is 6.57. The highest BCUT2D eigenvalue weighted by atomic mass is 16.2. The Labute approximate surface area is 173 Å². The summed E-state index contributed by atoms with van der Waals surface area (Å²) in [6, 6.07) is 7.86. The number of likely N-dealkylation sites (tertiary alicyclic amines) is 1. The summed E-state index contributed by atoms with van der Waals surface area (Å²) in [5, 5.41) is 7.31. The monoisotopic (exact) mass is 398 g/mol. The van der Waals surface area contributed by atoms with Gasteiger partial charge >= 0.3 is 6.03 Å². The zero-order chi connectivity index (χ0) is 20.8. The quantitative estimate of drug-likeness (QED) is 0.692. The van der Waals surface area contributed by atoms with Crippen molar-refractivity contribution in [2.24, 2.45) is 5.92 Å². The number of nitrogens with zero attached hydrogens (tertiary/aromatic N) is 2. The van der Waals surface area contributed by atoms with Crippen LogP contribution in [0.5, 0.6) is 0 Å². The van der Waals surface area contributed by atoms with Crippen LogP contribution in [0, 0.1) is 5.92 Å². The topological polar surface area (TPSA) is 66.4 Å². The van der Waals surface area contributed by atoms with E-state index >= 15 is 0 Å². The fourth-order valence-corrected chi connectivity index (χ4v) is 4.11. The van der Waals surface area contributed by atoms with Gasteiger partial charge < -0.3 is 20.1 Å². The smallest absolute Gasteiger partial charge is 0.319 e. The standard InChI is InChI=1S/C23H34N4O2/c1-17(2)15-27-16-21(19-10-4-5-11-20(19)22(27)28)25-23(29)24-12-8-14-26-13-7-6-9-18(26)3/h4-5,10-11,16-18H,6-9,12-15H2,1-3H3,(H2,24,25,29). The molecule has 2 N–H and O–H groups in total. The summed E-state index contributed by atoms with van der Waals surface area (Å²) >= 11 is 0. The Morgan fingerprint density at radius 1 is 1.21 bits per heavy atom. The van der Waals surface area contributed by atoms with Gasteiger partial charge in [0.25, 0.3) is 5.56 Å². The Kier molecular flexibility index (Phi) is 7.31. The average Bonchev–Trinajstić information content (AvgIpc) is 2.70. The molecule has 6 heteroatoms. The molecule has 158 valence electrons. The van der Waals surface area contributed by atoms with Gasteiger partial charge in [-0.3, -0.25) is 4.79 Å². The lowest BCUT2D eigenvalue weighted by Crippen LogP contribution is -2.39. The molecule has 1 aliphatic heterocycles. The van der Waals surface area contributed by atoms with E-state index in [1.54, 1.807) is 10.8 Å². The van der Waals surface area contributed by atoms with Crippen molar-refractivity contribution in [2.45, 2.75) is 59.0 Å². The fourth-order valence-electron chi connectivity index (χ4n) is 4.11. The van der Waals surface area contributed by atoms with Gasteiger partial charge in [0, 0.05) is 42.6 Å². The SMILES string of the molecule is CC(C)Cn1cc(NC(=O)NCCCN2CCCCC2C)c2ccccc2c1=O. The number of rotatable bonds is 7. The molecule has 0 radical (unpaired) electrons. The molecule has 1 unspecified atom stereocenters. The molecule has 2 heterocycles. The molecule has 0 saturated carbocycles. The van der Waals surface area contributed by atoms with Crippen molar-refractivity contribution in [3.63, 3.8) is 0 Å². The highest BCUT2D eigenvalue weighted by Crippen LogP contribution is 2.21. The van der Waals surface area contributed by atoms with Crippen molar-refractivity contribution in [2.75, 3.05) is 25.0 Å². The highest BCUT2D eigenvalue weighted by molar-refractivity contribution is 6.00. The minimum absolute atomic E-state index is 0.0177. The summed E-state index contributed by atoms with van der Waals surface area (Å²) in [7, 11) is 0. The van der Waals surface area contributed by atoms with Gasteiger partial charge in [-0.2, -0.15) is 0 Å². The first-order chi connectivity index (χ1) is 14.0. The molecule has 1 saturated heterocycles. The van der Waals surface area contributed by atoms with Crippen molar-refractivity contribution in [3.8, 4) is 0 Å². The molecule has 2 amide bonds. The molecule has 1 atom stereocenters. The first kappa shape index (κ1) is 21.4. The Balaban J connectivity index is 1.62. The van der Waals surface area contributed by atoms with E-state index in [0.717, 1.165) is 24.9 Å². The summed E-state index contributed by atoms with van der Waals surface area (Å²) in [4.78, 5) is 27.7. The molecule has 1 aliphatic rings. The predicted molar refractivity (Wildman–Crippen MR) is 120 cm³/mol. The summed E-state index contributed by atoms with van der Waals surface area (Å²) in [6.45, 7) is 9.87. The van der Waals surface area contributed by atoms with E-state index in [9.17, 15) is 9.59 Å². The Morgan fingerprint density at radius 2 is 1.97 bits per heavy atom. The van der Waals surface area contributed by atoms with Gasteiger partial charge in [-0.15, -0.1) is 0 Å². The Hall–Kier alpha value is -2.34. The molecule has 0 aliphatic carbocycles. The van der Waals surface area contributed by atoms with E-state index in [0.29, 0.717) is 36.1 Å². The van der Waals surface area contributed by atoms with Gasteiger partial charge in [0.05, 0.1) is 5.69 Å². The van der Waals surface area contributed by atoms with Gasteiger partial charge in [0.1, 0.15) is 0 Å². The second kappa shape index (κ2) is 9.92. The number of anilines is 1. The summed E-state index contributed by atoms with van der Waals surface area (Å²) in [5.74, 6) is 0.340. The number of fused-ring (bicyclic) bond motifs is 1. The second-order valence-electron chi connectivity index (χ2n) is 8.55. The Bertz CT molecular complexity index is 890. The van der Waals surface area contributed by atoms with E-state index in [2.05, 4.69) is 36.3 Å². The van der Waals surface area contributed by atoms with Crippen LogP contribution in [0.4, 0.5) is 10.5 Å². The van der Waals surface area contributed by atoms with Gasteiger partial charge in [0.15, 0.2) is 0 Å². The number of carbonyl (C=O) groups is 1. The van der Waals surface area contributed by atoms with Crippen molar-refractivity contribution in [3.05, 3.63) is 40.8 Å². The summed E-state index contributed by atoms with van der Waals surface area (Å²) < 4.78 is 1.69. The molecule has 1 aromatic carbocycles. The van der Waals surface area contributed by atoms with Crippen LogP contribution in [0.1, 0.15) is 46.5 Å². The van der Waals surface area contributed by atoms with Crippen LogP contribution in [0.15, 0.2) is 35.3 Å². The van der Waals surface area contributed by atoms with Crippen LogP contribution < -0.4 is 16.2 Å². The van der Waals surface area contributed by atoms with Gasteiger partial charge in [-0.25, -0.2) is 4.79 Å². The normalized spacial score (nSPS) is 17.6. The largest absolute Gasteiger partial charge is 0.338 e. The molecule has 1 aromatic heterocycles. The van der Waals surface area contributed by atoms with Crippen LogP contribution in [0.3, 0.4) is 0 Å². The van der Waals surface area contributed by atoms with E-state index in [-0.39, 0.29) is 11.6 Å². The molecular weight excluding hydrogens is 364 g/mol. The maximum atomic E-state index is 12.7. The number of hydrogen-bond acceptors (Lipinski definition) is 3. The number of urea groups is 1. The molecular formula is C23H34N4O2. The second-order valence-corrected chi connectivity index (χ2v) is 8.55. The number of nitrogens with one attached hydrogen (secondary N) is 2. The van der Waals surface area contributed by atoms with Crippen LogP contribution in [0.2, 0.25) is 0 Å². The molecule has 0 bridgehead atoms.